The van der Waals surface area contributed by atoms with Gasteiger partial charge in [0.2, 0.25) is 0 Å². The number of amides is 3. The van der Waals surface area contributed by atoms with Gasteiger partial charge in [0.15, 0.2) is 0 Å². The first-order valence-electron chi connectivity index (χ1n) is 4.61. The summed E-state index contributed by atoms with van der Waals surface area (Å²) in [5, 5.41) is 14.2. The van der Waals surface area contributed by atoms with Gasteiger partial charge in [-0.05, 0) is 11.0 Å². The summed E-state index contributed by atoms with van der Waals surface area (Å²) in [5.74, 6) is -1.06. The lowest BCUT2D eigenvalue weighted by atomic mass is 10.3. The van der Waals surface area contributed by atoms with E-state index in [9.17, 15) is 19.7 Å². The van der Waals surface area contributed by atoms with Crippen molar-refractivity contribution >= 4 is 23.8 Å². The highest BCUT2D eigenvalue weighted by Crippen LogP contribution is 2.16. The molecule has 1 rings (SSSR count). The number of hydrazine groups is 1. The smallest absolute Gasteiger partial charge is 0.358 e. The van der Waals surface area contributed by atoms with Gasteiger partial charge >= 0.3 is 11.8 Å². The molecule has 10 nitrogen and oxygen atoms in total. The van der Waals surface area contributed by atoms with Crippen molar-refractivity contribution in [1.82, 2.24) is 20.6 Å². The highest BCUT2D eigenvalue weighted by Gasteiger charge is 2.16. The molecule has 1 aromatic rings. The number of hydrogen-bond acceptors (Lipinski definition) is 5. The Balaban J connectivity index is 2.75. The van der Waals surface area contributed by atoms with Crippen molar-refractivity contribution in [3.8, 4) is 0 Å². The molecule has 0 fully saturated rings. The van der Waals surface area contributed by atoms with Gasteiger partial charge in [0, 0.05) is 6.08 Å². The van der Waals surface area contributed by atoms with Gasteiger partial charge < -0.3 is 15.8 Å². The SMILES string of the molecule is Cn1cc(/C=C/C(=O)NNC(N)=O)c([N+](=O)[O-])n1. The predicted molar refractivity (Wildman–Crippen MR) is 59.8 cm³/mol. The van der Waals surface area contributed by atoms with E-state index >= 15 is 0 Å². The van der Waals surface area contributed by atoms with Gasteiger partial charge in [-0.15, -0.1) is 0 Å². The molecule has 0 unspecified atom stereocenters. The third-order valence-electron chi connectivity index (χ3n) is 1.73. The maximum Gasteiger partial charge on any atom is 0.397 e. The first-order chi connectivity index (χ1) is 8.40. The molecule has 1 heterocycles. The second-order valence-electron chi connectivity index (χ2n) is 3.15. The van der Waals surface area contributed by atoms with Gasteiger partial charge in [0.05, 0.1) is 23.9 Å². The largest absolute Gasteiger partial charge is 0.397 e. The van der Waals surface area contributed by atoms with Crippen LogP contribution in [0, 0.1) is 10.1 Å². The number of nitrogens with one attached hydrogen (secondary N) is 2. The molecule has 0 bridgehead atoms. The number of aromatic nitrogens is 2. The average molecular weight is 254 g/mol. The number of nitrogens with two attached hydrogens (primary N) is 1. The van der Waals surface area contributed by atoms with E-state index in [1.807, 2.05) is 10.9 Å². The predicted octanol–water partition coefficient (Wildman–Crippen LogP) is -0.959. The maximum atomic E-state index is 11.1. The number of primary amides is 1. The summed E-state index contributed by atoms with van der Waals surface area (Å²) in [6.07, 6.45) is 3.58. The van der Waals surface area contributed by atoms with E-state index in [1.54, 1.807) is 0 Å². The Bertz CT molecular complexity index is 520. The van der Waals surface area contributed by atoms with E-state index < -0.39 is 16.9 Å². The van der Waals surface area contributed by atoms with Crippen LogP contribution in [-0.2, 0) is 11.8 Å². The highest BCUT2D eigenvalue weighted by atomic mass is 16.6. The number of aryl methyl sites for hydroxylation is 1. The first-order valence-corrected chi connectivity index (χ1v) is 4.61. The van der Waals surface area contributed by atoms with Crippen molar-refractivity contribution in [2.24, 2.45) is 12.8 Å². The highest BCUT2D eigenvalue weighted by molar-refractivity contribution is 5.93. The second-order valence-corrected chi connectivity index (χ2v) is 3.15. The Morgan fingerprint density at radius 1 is 1.56 bits per heavy atom. The summed E-state index contributed by atoms with van der Waals surface area (Å²) in [4.78, 5) is 31.4. The Hall–Kier alpha value is -2.91. The number of nitro groups is 1. The van der Waals surface area contributed by atoms with Crippen LogP contribution >= 0.6 is 0 Å². The van der Waals surface area contributed by atoms with Crippen molar-refractivity contribution < 1.29 is 14.5 Å². The summed E-state index contributed by atoms with van der Waals surface area (Å²) in [5.41, 5.74) is 8.71. The summed E-state index contributed by atoms with van der Waals surface area (Å²) >= 11 is 0. The van der Waals surface area contributed by atoms with Crippen molar-refractivity contribution in [3.05, 3.63) is 28.0 Å². The molecule has 0 atom stereocenters. The summed E-state index contributed by atoms with van der Waals surface area (Å²) in [6, 6.07) is -0.927. The molecule has 0 aromatic carbocycles. The fourth-order valence-electron chi connectivity index (χ4n) is 1.08. The van der Waals surface area contributed by atoms with Crippen molar-refractivity contribution in [3.63, 3.8) is 0 Å². The quantitative estimate of drug-likeness (QED) is 0.361. The monoisotopic (exact) mass is 254 g/mol. The number of rotatable bonds is 3. The van der Waals surface area contributed by atoms with Crippen molar-refractivity contribution in [1.29, 1.82) is 0 Å². The number of hydrogen-bond donors (Lipinski definition) is 3. The fraction of sp³-hybridized carbons (Fsp3) is 0.125. The molecule has 1 aromatic heterocycles. The van der Waals surface area contributed by atoms with Gasteiger partial charge in [0.25, 0.3) is 5.91 Å². The lowest BCUT2D eigenvalue weighted by Crippen LogP contribution is -2.43. The second kappa shape index (κ2) is 5.43. The van der Waals surface area contributed by atoms with Gasteiger partial charge in [-0.25, -0.2) is 10.2 Å². The van der Waals surface area contributed by atoms with Crippen LogP contribution in [0.25, 0.3) is 6.08 Å². The molecule has 3 amide bonds. The van der Waals surface area contributed by atoms with Crippen LogP contribution in [0.2, 0.25) is 0 Å². The molecular formula is C8H10N6O4. The third-order valence-corrected chi connectivity index (χ3v) is 1.73. The Morgan fingerprint density at radius 3 is 2.78 bits per heavy atom. The van der Waals surface area contributed by atoms with E-state index in [4.69, 9.17) is 5.73 Å². The normalized spacial score (nSPS) is 10.3. The fourth-order valence-corrected chi connectivity index (χ4v) is 1.08. The van der Waals surface area contributed by atoms with Crippen molar-refractivity contribution in [2.45, 2.75) is 0 Å². The van der Waals surface area contributed by atoms with Gasteiger partial charge in [-0.2, -0.15) is 4.68 Å². The average Bonchev–Trinajstić information content (AvgIpc) is 2.65. The Labute approximate surface area is 101 Å². The third kappa shape index (κ3) is 3.59. The molecule has 0 saturated carbocycles. The molecule has 0 saturated heterocycles. The van der Waals surface area contributed by atoms with Gasteiger partial charge in [-0.1, -0.05) is 0 Å². The van der Waals surface area contributed by atoms with Crippen LogP contribution in [0.15, 0.2) is 12.3 Å². The van der Waals surface area contributed by atoms with Gasteiger partial charge in [0.1, 0.15) is 0 Å². The number of nitrogens with zero attached hydrogens (tertiary/aromatic N) is 3. The molecule has 4 N–H and O–H groups in total. The molecule has 0 aliphatic heterocycles. The summed E-state index contributed by atoms with van der Waals surface area (Å²) < 4.78 is 1.25. The number of carbonyl (C=O) groups is 2. The molecule has 0 radical (unpaired) electrons. The van der Waals surface area contributed by atoms with Crippen LogP contribution in [0.5, 0.6) is 0 Å². The van der Waals surface area contributed by atoms with E-state index in [-0.39, 0.29) is 11.4 Å². The number of carbonyl (C=O) groups excluding carboxylic acids is 2. The molecule has 0 aliphatic carbocycles. The summed E-state index contributed by atoms with van der Waals surface area (Å²) in [6.45, 7) is 0. The van der Waals surface area contributed by atoms with Crippen LogP contribution < -0.4 is 16.6 Å². The zero-order valence-corrected chi connectivity index (χ0v) is 9.28. The van der Waals surface area contributed by atoms with E-state index in [2.05, 4.69) is 5.10 Å². The number of urea groups is 1. The first kappa shape index (κ1) is 13.2. The minimum Gasteiger partial charge on any atom is -0.358 e. The van der Waals surface area contributed by atoms with E-state index in [0.29, 0.717) is 0 Å². The molecular weight excluding hydrogens is 244 g/mol. The van der Waals surface area contributed by atoms with E-state index in [1.165, 1.54) is 24.0 Å². The standard InChI is InChI=1S/C8H10N6O4/c1-13-4-5(7(12-13)14(17)18)2-3-6(15)10-11-8(9)16/h2-4H,1H3,(H,10,15)(H3,9,11,16)/b3-2+. The van der Waals surface area contributed by atoms with Gasteiger partial charge in [-0.3, -0.25) is 10.2 Å². The minimum absolute atomic E-state index is 0.164. The molecule has 0 spiro atoms. The molecule has 0 aliphatic rings. The summed E-state index contributed by atoms with van der Waals surface area (Å²) in [7, 11) is 1.51. The zero-order valence-electron chi connectivity index (χ0n) is 9.28. The van der Waals surface area contributed by atoms with Crippen molar-refractivity contribution in [2.75, 3.05) is 0 Å². The van der Waals surface area contributed by atoms with Crippen LogP contribution in [-0.4, -0.2) is 26.6 Å². The lowest BCUT2D eigenvalue weighted by Gasteiger charge is -1.99. The van der Waals surface area contributed by atoms with Crippen LogP contribution in [0.1, 0.15) is 5.56 Å². The maximum absolute atomic E-state index is 11.1. The minimum atomic E-state index is -0.927. The lowest BCUT2D eigenvalue weighted by molar-refractivity contribution is -0.390. The Morgan fingerprint density at radius 2 is 2.22 bits per heavy atom. The van der Waals surface area contributed by atoms with Crippen LogP contribution in [0.3, 0.4) is 0 Å². The zero-order chi connectivity index (χ0) is 13.7. The molecule has 10 heteroatoms. The van der Waals surface area contributed by atoms with E-state index in [0.717, 1.165) is 6.08 Å². The topological polar surface area (TPSA) is 145 Å². The Kier molecular flexibility index (Phi) is 3.97. The molecule has 96 valence electrons. The van der Waals surface area contributed by atoms with Crippen LogP contribution in [0.4, 0.5) is 10.6 Å². The molecule has 18 heavy (non-hydrogen) atoms.